The molecule has 0 amide bonds. The van der Waals surface area contributed by atoms with Gasteiger partial charge in [-0.25, -0.2) is 0 Å². The summed E-state index contributed by atoms with van der Waals surface area (Å²) >= 11 is 0. The van der Waals surface area contributed by atoms with Gasteiger partial charge in [0.05, 0.1) is 0 Å². The van der Waals surface area contributed by atoms with Crippen molar-refractivity contribution in [2.45, 2.75) is 53.9 Å². The zero-order valence-corrected chi connectivity index (χ0v) is 13.4. The van der Waals surface area contributed by atoms with Crippen LogP contribution in [0.2, 0.25) is 0 Å². The molecular formula is C19H25N. The maximum Gasteiger partial charge on any atom is 0.0488 e. The van der Waals surface area contributed by atoms with Gasteiger partial charge in [0.2, 0.25) is 0 Å². The largest absolute Gasteiger partial charge is 0.257 e. The van der Waals surface area contributed by atoms with Gasteiger partial charge in [-0.05, 0) is 54.5 Å². The Hall–Kier alpha value is -1.63. The van der Waals surface area contributed by atoms with Crippen LogP contribution in [0.3, 0.4) is 0 Å². The summed E-state index contributed by atoms with van der Waals surface area (Å²) in [5, 5.41) is 0. The van der Waals surface area contributed by atoms with Gasteiger partial charge in [-0.1, -0.05) is 45.0 Å². The van der Waals surface area contributed by atoms with Gasteiger partial charge >= 0.3 is 0 Å². The Morgan fingerprint density at radius 3 is 2.20 bits per heavy atom. The van der Waals surface area contributed by atoms with Gasteiger partial charge in [0, 0.05) is 17.8 Å². The molecule has 1 aliphatic carbocycles. The first-order chi connectivity index (χ1) is 9.70. The summed E-state index contributed by atoms with van der Waals surface area (Å²) in [6, 6.07) is 8.76. The topological polar surface area (TPSA) is 12.9 Å². The average molecular weight is 267 g/mol. The first kappa shape index (κ1) is 14.8. The summed E-state index contributed by atoms with van der Waals surface area (Å²) < 4.78 is 0. The molecule has 1 aromatic carbocycles. The van der Waals surface area contributed by atoms with Crippen molar-refractivity contribution < 1.29 is 0 Å². The monoisotopic (exact) mass is 267 g/mol. The Labute approximate surface area is 123 Å². The number of hydrogen-bond donors (Lipinski definition) is 0. The first-order valence-electron chi connectivity index (χ1n) is 7.75. The minimum Gasteiger partial charge on any atom is -0.257 e. The molecular weight excluding hydrogens is 242 g/mol. The number of hydrogen-bond acceptors (Lipinski definition) is 1. The average Bonchev–Trinajstić information content (AvgIpc) is 2.48. The van der Waals surface area contributed by atoms with Crippen molar-refractivity contribution in [3.8, 4) is 0 Å². The zero-order chi connectivity index (χ0) is 14.7. The van der Waals surface area contributed by atoms with Crippen molar-refractivity contribution >= 4 is 0 Å². The molecule has 0 aliphatic heterocycles. The standard InChI is InChI=1S/C17H19N.C2H6/c1-4-15-11(2)16-9-13-7-5-6-8-14(13)10-17(16)18-12(15)3;1-2/h5-8H,4,9-10H2,1-3H3;1-2H3. The summed E-state index contributed by atoms with van der Waals surface area (Å²) in [6.07, 6.45) is 3.13. The highest BCUT2D eigenvalue weighted by Crippen LogP contribution is 2.30. The van der Waals surface area contributed by atoms with Gasteiger partial charge in [0.1, 0.15) is 0 Å². The van der Waals surface area contributed by atoms with Crippen LogP contribution in [0.1, 0.15) is 60.0 Å². The quantitative estimate of drug-likeness (QED) is 0.618. The van der Waals surface area contributed by atoms with Crippen molar-refractivity contribution in [2.24, 2.45) is 0 Å². The van der Waals surface area contributed by atoms with Gasteiger partial charge in [-0.3, -0.25) is 4.98 Å². The molecule has 0 atom stereocenters. The van der Waals surface area contributed by atoms with Crippen molar-refractivity contribution in [2.75, 3.05) is 0 Å². The Bertz CT molecular complexity index is 611. The number of aryl methyl sites for hydroxylation is 1. The van der Waals surface area contributed by atoms with E-state index in [1.54, 1.807) is 0 Å². The zero-order valence-electron chi connectivity index (χ0n) is 13.4. The number of rotatable bonds is 1. The second-order valence-electron chi connectivity index (χ2n) is 5.20. The smallest absolute Gasteiger partial charge is 0.0488 e. The number of pyridine rings is 1. The Morgan fingerprint density at radius 1 is 1.00 bits per heavy atom. The van der Waals surface area contributed by atoms with Crippen LogP contribution in [-0.4, -0.2) is 4.98 Å². The fourth-order valence-electron chi connectivity index (χ4n) is 3.18. The Balaban J connectivity index is 0.000000704. The third-order valence-corrected chi connectivity index (χ3v) is 4.19. The molecule has 0 saturated carbocycles. The lowest BCUT2D eigenvalue weighted by Crippen LogP contribution is -2.14. The number of benzene rings is 1. The summed E-state index contributed by atoms with van der Waals surface area (Å²) in [5.41, 5.74) is 9.80. The van der Waals surface area contributed by atoms with Crippen molar-refractivity contribution in [1.82, 2.24) is 4.98 Å². The van der Waals surface area contributed by atoms with Gasteiger partial charge in [-0.2, -0.15) is 0 Å². The van der Waals surface area contributed by atoms with Crippen molar-refractivity contribution in [3.05, 3.63) is 63.5 Å². The van der Waals surface area contributed by atoms with E-state index in [0.29, 0.717) is 0 Å². The molecule has 0 radical (unpaired) electrons. The first-order valence-corrected chi connectivity index (χ1v) is 7.75. The van der Waals surface area contributed by atoms with E-state index in [2.05, 4.69) is 45.0 Å². The van der Waals surface area contributed by atoms with Crippen LogP contribution in [0.4, 0.5) is 0 Å². The highest BCUT2D eigenvalue weighted by Gasteiger charge is 2.20. The normalized spacial score (nSPS) is 12.1. The van der Waals surface area contributed by atoms with Crippen LogP contribution < -0.4 is 0 Å². The summed E-state index contributed by atoms with van der Waals surface area (Å²) in [7, 11) is 0. The van der Waals surface area contributed by atoms with E-state index in [1.807, 2.05) is 13.8 Å². The SMILES string of the molecule is CC.CCc1c(C)nc2c(c1C)Cc1ccccc1C2. The van der Waals surface area contributed by atoms with Gasteiger partial charge in [-0.15, -0.1) is 0 Å². The van der Waals surface area contributed by atoms with E-state index in [-0.39, 0.29) is 0 Å². The molecule has 1 nitrogen and oxygen atoms in total. The van der Waals surface area contributed by atoms with Crippen LogP contribution in [0, 0.1) is 13.8 Å². The fraction of sp³-hybridized carbons (Fsp3) is 0.421. The number of nitrogens with zero attached hydrogens (tertiary/aromatic N) is 1. The van der Waals surface area contributed by atoms with Crippen LogP contribution in [-0.2, 0) is 19.3 Å². The van der Waals surface area contributed by atoms with Crippen LogP contribution in [0.5, 0.6) is 0 Å². The maximum atomic E-state index is 4.84. The minimum atomic E-state index is 0.997. The minimum absolute atomic E-state index is 0.997. The van der Waals surface area contributed by atoms with Gasteiger partial charge in [0.15, 0.2) is 0 Å². The third kappa shape index (κ3) is 2.49. The maximum absolute atomic E-state index is 4.84. The lowest BCUT2D eigenvalue weighted by Gasteiger charge is -2.23. The molecule has 1 heterocycles. The van der Waals surface area contributed by atoms with Gasteiger partial charge < -0.3 is 0 Å². The Morgan fingerprint density at radius 2 is 1.60 bits per heavy atom. The molecule has 2 aromatic rings. The highest BCUT2D eigenvalue weighted by atomic mass is 14.7. The molecule has 0 fully saturated rings. The van der Waals surface area contributed by atoms with E-state index >= 15 is 0 Å². The predicted octanol–water partition coefficient (Wildman–Crippen LogP) is 4.78. The summed E-state index contributed by atoms with van der Waals surface area (Å²) in [6.45, 7) is 10.6. The molecule has 20 heavy (non-hydrogen) atoms. The summed E-state index contributed by atoms with van der Waals surface area (Å²) in [5.74, 6) is 0. The van der Waals surface area contributed by atoms with E-state index in [1.165, 1.54) is 39.2 Å². The van der Waals surface area contributed by atoms with Crippen molar-refractivity contribution in [1.29, 1.82) is 0 Å². The molecule has 0 unspecified atom stereocenters. The van der Waals surface area contributed by atoms with E-state index in [0.717, 1.165) is 19.3 Å². The van der Waals surface area contributed by atoms with Gasteiger partial charge in [0.25, 0.3) is 0 Å². The molecule has 1 aromatic heterocycles. The molecule has 0 spiro atoms. The van der Waals surface area contributed by atoms with Crippen LogP contribution >= 0.6 is 0 Å². The second kappa shape index (κ2) is 6.21. The van der Waals surface area contributed by atoms with Crippen molar-refractivity contribution in [3.63, 3.8) is 0 Å². The van der Waals surface area contributed by atoms with Crippen LogP contribution in [0.25, 0.3) is 0 Å². The Kier molecular flexibility index (Phi) is 4.59. The number of aromatic nitrogens is 1. The predicted molar refractivity (Wildman–Crippen MR) is 86.5 cm³/mol. The lowest BCUT2D eigenvalue weighted by molar-refractivity contribution is 0.883. The lowest BCUT2D eigenvalue weighted by atomic mass is 9.85. The molecule has 0 saturated heterocycles. The molecule has 1 heteroatoms. The van der Waals surface area contributed by atoms with Crippen LogP contribution in [0.15, 0.2) is 24.3 Å². The second-order valence-corrected chi connectivity index (χ2v) is 5.20. The molecule has 0 N–H and O–H groups in total. The van der Waals surface area contributed by atoms with E-state index in [9.17, 15) is 0 Å². The third-order valence-electron chi connectivity index (χ3n) is 4.19. The highest BCUT2D eigenvalue weighted by molar-refractivity contribution is 5.48. The molecule has 3 rings (SSSR count). The fourth-order valence-corrected chi connectivity index (χ4v) is 3.18. The molecule has 1 aliphatic rings. The van der Waals surface area contributed by atoms with E-state index < -0.39 is 0 Å². The summed E-state index contributed by atoms with van der Waals surface area (Å²) in [4.78, 5) is 4.84. The van der Waals surface area contributed by atoms with E-state index in [4.69, 9.17) is 4.98 Å². The molecule has 0 bridgehead atoms. The number of fused-ring (bicyclic) bond motifs is 2. The molecule has 106 valence electrons.